The van der Waals surface area contributed by atoms with Crippen LogP contribution >= 0.6 is 31.7 Å². The smallest absolute Gasteiger partial charge is 0.778 e. The minimum absolute atomic E-state index is 0. The summed E-state index contributed by atoms with van der Waals surface area (Å²) in [4.78, 5) is 17.7. The van der Waals surface area contributed by atoms with Gasteiger partial charge < -0.3 is 35.2 Å². The van der Waals surface area contributed by atoms with Gasteiger partial charge in [-0.3, -0.25) is 29.9 Å². The second kappa shape index (κ2) is 51.6. The number of hydrogen-bond acceptors (Lipinski definition) is 6. The Kier molecular flexibility index (Phi) is 58.4. The van der Waals surface area contributed by atoms with Gasteiger partial charge in [-0.25, -0.2) is 12.2 Å². The van der Waals surface area contributed by atoms with E-state index >= 15 is 0 Å². The van der Waals surface area contributed by atoms with E-state index in [0.29, 0.717) is 0 Å². The normalized spacial score (nSPS) is 10.6. The van der Waals surface area contributed by atoms with Crippen molar-refractivity contribution >= 4 is 97.7 Å². The maximum absolute atomic E-state index is 7.75. The van der Waals surface area contributed by atoms with E-state index in [1.807, 2.05) is 84.9 Å². The van der Waals surface area contributed by atoms with Crippen LogP contribution in [0.5, 0.6) is 0 Å². The third-order valence-corrected chi connectivity index (χ3v) is 29.2. The molecule has 5 rings (SSSR count). The molecule has 2 heterocycles. The van der Waals surface area contributed by atoms with Crippen molar-refractivity contribution in [3.05, 3.63) is 122 Å². The first-order valence-corrected chi connectivity index (χ1v) is 35.6. The first-order valence-electron chi connectivity index (χ1n) is 27.8. The van der Waals surface area contributed by atoms with Gasteiger partial charge in [-0.05, 0) is 189 Å². The summed E-state index contributed by atoms with van der Waals surface area (Å²) in [6, 6.07) is 27.2. The van der Waals surface area contributed by atoms with Gasteiger partial charge in [-0.1, -0.05) is 48.5 Å². The Morgan fingerprint density at radius 1 is 0.372 bits per heavy atom. The maximum Gasteiger partial charge on any atom is 3.00 e. The zero-order valence-corrected chi connectivity index (χ0v) is 62.4. The molecule has 0 bridgehead atoms. The number of fused-ring (bicyclic) bond motifs is 2. The van der Waals surface area contributed by atoms with Crippen LogP contribution < -0.4 is 0 Å². The zero-order valence-electron chi connectivity index (χ0n) is 53.3. The predicted molar refractivity (Wildman–Crippen MR) is 369 cm³/mol. The van der Waals surface area contributed by atoms with E-state index in [-0.39, 0.29) is 70.6 Å². The molecule has 443 valence electrons. The molecule has 0 atom stereocenters. The number of hydrogen-bond donors (Lipinski definition) is 1. The van der Waals surface area contributed by atoms with Crippen LogP contribution in [0.4, 0.5) is 0 Å². The summed E-state index contributed by atoms with van der Waals surface area (Å²) >= 11 is 10.2. The van der Waals surface area contributed by atoms with Crippen LogP contribution in [0.2, 0.25) is 0 Å². The first-order chi connectivity index (χ1) is 35.5. The van der Waals surface area contributed by atoms with Crippen LogP contribution in [0, 0.1) is 13.2 Å². The number of aliphatic hydroxyl groups excluding tert-OH is 1. The van der Waals surface area contributed by atoms with E-state index in [2.05, 4.69) is 183 Å². The fraction of sp³-hybridized carbons (Fsp3) is 0.561. The molecule has 0 unspecified atom stereocenters. The predicted octanol–water partition coefficient (Wildman–Crippen LogP) is 19.9. The SMILES string of the molecule is CC(C)[PH+](C(C)C)C(C)C.CC(C)[PH+](C(C)C)C(C)C.CC(C)[PH+](C(C)C)C(C)C.CC(C)[PH+](C(C)C)C(C)C.CO.[CH-]=Cc1ccc(C=[CH-])cc1.[CH-]=O.[Ru+2].[Ru+3].[S-]c1cccc2cccnc12.[S-]c1cccc2cccnc12. The molecule has 3 aromatic carbocycles. The van der Waals surface area contributed by atoms with Gasteiger partial charge in [-0.2, -0.15) is 35.4 Å². The molecule has 1 N–H and O–H groups in total. The summed E-state index contributed by atoms with van der Waals surface area (Å²) in [6.45, 7) is 70.7. The Labute approximate surface area is 524 Å². The van der Waals surface area contributed by atoms with E-state index in [0.717, 1.165) is 118 Å². The van der Waals surface area contributed by atoms with Gasteiger partial charge in [0.15, 0.2) is 0 Å². The van der Waals surface area contributed by atoms with Gasteiger partial charge in [0.2, 0.25) is 0 Å². The third-order valence-electron chi connectivity index (χ3n) is 12.5. The van der Waals surface area contributed by atoms with E-state index in [1.165, 1.54) is 0 Å². The number of aromatic nitrogens is 2. The van der Waals surface area contributed by atoms with Crippen LogP contribution in [0.15, 0.2) is 107 Å². The summed E-state index contributed by atoms with van der Waals surface area (Å²) in [5.41, 5.74) is 15.1. The molecule has 0 spiro atoms. The summed E-state index contributed by atoms with van der Waals surface area (Å²) < 4.78 is 0. The minimum Gasteiger partial charge on any atom is -0.778 e. The monoisotopic (exact) mass is 1360 g/mol. The summed E-state index contributed by atoms with van der Waals surface area (Å²) in [6.07, 6.45) is 6.64. The molecule has 0 saturated heterocycles. The van der Waals surface area contributed by atoms with Gasteiger partial charge in [0.25, 0.3) is 0 Å². The third kappa shape index (κ3) is 38.7. The zero-order chi connectivity index (χ0) is 60.0. The van der Waals surface area contributed by atoms with Gasteiger partial charge in [-0.15, -0.1) is 9.79 Å². The van der Waals surface area contributed by atoms with Gasteiger partial charge in [0.1, 0.15) is 0 Å². The van der Waals surface area contributed by atoms with Crippen molar-refractivity contribution in [3.8, 4) is 0 Å². The number of aliphatic hydroxyl groups is 1. The molecule has 0 aliphatic heterocycles. The largest absolute Gasteiger partial charge is 3.00 e. The number of para-hydroxylation sites is 2. The van der Waals surface area contributed by atoms with Crippen molar-refractivity contribution in [2.45, 2.75) is 244 Å². The molecule has 2 aromatic heterocycles. The van der Waals surface area contributed by atoms with Crippen molar-refractivity contribution in [3.63, 3.8) is 0 Å². The fourth-order valence-corrected chi connectivity index (χ4v) is 27.4. The first kappa shape index (κ1) is 88.2. The van der Waals surface area contributed by atoms with Crippen LogP contribution in [0.1, 0.15) is 177 Å². The maximum atomic E-state index is 7.75. The topological polar surface area (TPSA) is 63.1 Å². The van der Waals surface area contributed by atoms with Gasteiger partial charge in [0.05, 0.1) is 78.9 Å². The molecule has 0 aliphatic carbocycles. The second-order valence-electron chi connectivity index (χ2n) is 22.5. The van der Waals surface area contributed by atoms with Gasteiger partial charge in [0, 0.05) is 51.2 Å². The van der Waals surface area contributed by atoms with E-state index in [9.17, 15) is 0 Å². The molecule has 0 saturated carbocycles. The second-order valence-corrected chi connectivity index (χ2v) is 41.3. The fourth-order valence-electron chi connectivity index (χ4n) is 10.9. The Morgan fingerprint density at radius 3 is 0.692 bits per heavy atom. The van der Waals surface area contributed by atoms with Crippen molar-refractivity contribution in [1.29, 1.82) is 0 Å². The molecule has 0 aliphatic rings. The summed E-state index contributed by atoms with van der Waals surface area (Å²) in [5, 5.41) is 9.22. The van der Waals surface area contributed by atoms with Crippen LogP contribution in [0.3, 0.4) is 0 Å². The Balaban J connectivity index is -0.000000191. The van der Waals surface area contributed by atoms with E-state index < -0.39 is 0 Å². The number of benzene rings is 3. The van der Waals surface area contributed by atoms with Gasteiger partial charge >= 0.3 is 39.0 Å². The summed E-state index contributed by atoms with van der Waals surface area (Å²) in [5.74, 6) is 0. The number of rotatable bonds is 14. The minimum atomic E-state index is -0.0957. The average molecular weight is 1360 g/mol. The molecule has 5 aromatic rings. The molecule has 78 heavy (non-hydrogen) atoms. The molecule has 4 nitrogen and oxygen atoms in total. The molecular formula is C66H113N2O2P4Ru2S2+4. The van der Waals surface area contributed by atoms with Crippen molar-refractivity contribution in [1.82, 2.24) is 9.97 Å². The van der Waals surface area contributed by atoms with Crippen molar-refractivity contribution < 1.29 is 48.9 Å². The number of carbonyl (C=O) groups excluding carboxylic acids is 1. The standard InChI is InChI=1S/C10H8.2C9H7NS.4C9H21P.CH4O.CHO.2Ru/c1-3-9-5-7-10(4-2)8-6-9;2*11-8-5-1-3-7-4-2-6-10-9(7)8;4*1-7(2)10(8(3)4)9(5)6;2*1-2;;/h1-8H;2*1-6,11H;4*7-9H,1-6H3;2H,1H3;1H;;/q-2;;;;;;;;-1;+2;+3/p+2. The van der Waals surface area contributed by atoms with Crippen LogP contribution in [-0.2, 0) is 69.0 Å². The Morgan fingerprint density at radius 2 is 0.551 bits per heavy atom. The molecule has 0 amide bonds. The van der Waals surface area contributed by atoms with E-state index in [1.54, 1.807) is 24.5 Å². The van der Waals surface area contributed by atoms with Crippen molar-refractivity contribution in [2.75, 3.05) is 7.11 Å². The number of pyridine rings is 2. The average Bonchev–Trinajstić information content (AvgIpc) is 3.33. The molecule has 1 radical (unpaired) electrons. The number of nitrogens with zero attached hydrogens (tertiary/aromatic N) is 2. The van der Waals surface area contributed by atoms with E-state index in [4.69, 9.17) is 48.3 Å². The quantitative estimate of drug-likeness (QED) is 0.0393. The van der Waals surface area contributed by atoms with Crippen LogP contribution in [0.25, 0.3) is 34.0 Å². The summed E-state index contributed by atoms with van der Waals surface area (Å²) in [7, 11) is 0.617. The molecule has 0 fully saturated rings. The Hall–Kier alpha value is -1.00. The van der Waals surface area contributed by atoms with Crippen molar-refractivity contribution in [2.24, 2.45) is 0 Å². The molecule has 12 heteroatoms. The van der Waals surface area contributed by atoms with Crippen LogP contribution in [-0.4, -0.2) is 96.9 Å². The molecular weight excluding hydrogens is 1240 g/mol. The Bertz CT molecular complexity index is 1900.